The molecule has 1 amide bonds. The summed E-state index contributed by atoms with van der Waals surface area (Å²) >= 11 is 3.33. The third kappa shape index (κ3) is 3.54. The highest BCUT2D eigenvalue weighted by Gasteiger charge is 2.08. The molecule has 1 aromatic heterocycles. The summed E-state index contributed by atoms with van der Waals surface area (Å²) in [6, 6.07) is 10.3. The van der Waals surface area contributed by atoms with Gasteiger partial charge in [0.15, 0.2) is 0 Å². The molecule has 1 aromatic carbocycles. The summed E-state index contributed by atoms with van der Waals surface area (Å²) < 4.78 is 2.08. The number of halogens is 1. The first kappa shape index (κ1) is 14.5. The second kappa shape index (κ2) is 6.47. The van der Waals surface area contributed by atoms with E-state index in [2.05, 4.69) is 26.3 Å². The van der Waals surface area contributed by atoms with E-state index in [9.17, 15) is 9.59 Å². The monoisotopic (exact) mass is 335 g/mol. The number of carbonyl (C=O) groups is 1. The first-order chi connectivity index (χ1) is 9.58. The fraction of sp³-hybridized carbons (Fsp3) is 0.214. The first-order valence-electron chi connectivity index (χ1n) is 6.15. The van der Waals surface area contributed by atoms with Crippen LogP contribution in [-0.4, -0.2) is 22.2 Å². The number of amides is 1. The number of nitrogens with one attached hydrogen (secondary N) is 1. The van der Waals surface area contributed by atoms with Crippen molar-refractivity contribution in [2.75, 3.05) is 6.54 Å². The number of aryl methyl sites for hydroxylation is 1. The predicted molar refractivity (Wildman–Crippen MR) is 79.7 cm³/mol. The van der Waals surface area contributed by atoms with E-state index < -0.39 is 0 Å². The molecule has 0 fully saturated rings. The van der Waals surface area contributed by atoms with E-state index in [0.29, 0.717) is 18.7 Å². The van der Waals surface area contributed by atoms with Crippen LogP contribution in [-0.2, 0) is 6.54 Å². The molecule has 0 saturated carbocycles. The van der Waals surface area contributed by atoms with Gasteiger partial charge in [0.1, 0.15) is 0 Å². The molecule has 104 valence electrons. The molecule has 0 spiro atoms. The molecule has 0 atom stereocenters. The number of hydrogen-bond donors (Lipinski definition) is 1. The summed E-state index contributed by atoms with van der Waals surface area (Å²) in [5, 5.41) is 6.87. The van der Waals surface area contributed by atoms with E-state index in [1.54, 1.807) is 18.2 Å². The lowest BCUT2D eigenvalue weighted by molar-refractivity contribution is 0.0951. The molecule has 0 aliphatic carbocycles. The van der Waals surface area contributed by atoms with Crippen molar-refractivity contribution < 1.29 is 4.79 Å². The number of benzene rings is 1. The second-order valence-corrected chi connectivity index (χ2v) is 5.13. The van der Waals surface area contributed by atoms with Gasteiger partial charge in [0.05, 0.1) is 17.8 Å². The minimum absolute atomic E-state index is 0.175. The van der Waals surface area contributed by atoms with E-state index in [1.165, 1.54) is 10.7 Å². The fourth-order valence-electron chi connectivity index (χ4n) is 1.73. The lowest BCUT2D eigenvalue weighted by atomic mass is 10.2. The third-order valence-electron chi connectivity index (χ3n) is 2.73. The molecule has 1 N–H and O–H groups in total. The highest BCUT2D eigenvalue weighted by Crippen LogP contribution is 2.15. The molecular weight excluding hydrogens is 322 g/mol. The Labute approximate surface area is 124 Å². The summed E-state index contributed by atoms with van der Waals surface area (Å²) in [4.78, 5) is 23.5. The standard InChI is InChI=1S/C14H14BrN3O2/c1-10-6-7-13(19)18(17-10)9-8-16-14(20)11-4-2-3-5-12(11)15/h2-7H,8-9H2,1H3,(H,16,20). The number of nitrogens with zero attached hydrogens (tertiary/aromatic N) is 2. The van der Waals surface area contributed by atoms with Crippen LogP contribution < -0.4 is 10.9 Å². The fourth-order valence-corrected chi connectivity index (χ4v) is 2.19. The average Bonchev–Trinajstić information content (AvgIpc) is 2.43. The largest absolute Gasteiger partial charge is 0.350 e. The van der Waals surface area contributed by atoms with Crippen LogP contribution in [0.4, 0.5) is 0 Å². The molecule has 0 bridgehead atoms. The van der Waals surface area contributed by atoms with Crippen molar-refractivity contribution in [3.63, 3.8) is 0 Å². The van der Waals surface area contributed by atoms with Gasteiger partial charge in [-0.25, -0.2) is 4.68 Å². The van der Waals surface area contributed by atoms with E-state index in [-0.39, 0.29) is 11.5 Å². The molecule has 20 heavy (non-hydrogen) atoms. The minimum atomic E-state index is -0.182. The molecule has 2 rings (SSSR count). The van der Waals surface area contributed by atoms with Crippen LogP contribution >= 0.6 is 15.9 Å². The van der Waals surface area contributed by atoms with Crippen LogP contribution in [0.2, 0.25) is 0 Å². The predicted octanol–water partition coefficient (Wildman–Crippen LogP) is 1.74. The van der Waals surface area contributed by atoms with E-state index in [1.807, 2.05) is 19.1 Å². The summed E-state index contributed by atoms with van der Waals surface area (Å²) in [7, 11) is 0. The quantitative estimate of drug-likeness (QED) is 0.925. The number of aromatic nitrogens is 2. The highest BCUT2D eigenvalue weighted by molar-refractivity contribution is 9.10. The Bertz CT molecular complexity index is 682. The van der Waals surface area contributed by atoms with Gasteiger partial charge < -0.3 is 5.32 Å². The van der Waals surface area contributed by atoms with Gasteiger partial charge in [-0.15, -0.1) is 0 Å². The molecule has 0 saturated heterocycles. The van der Waals surface area contributed by atoms with Gasteiger partial charge in [-0.05, 0) is 41.1 Å². The van der Waals surface area contributed by atoms with E-state index >= 15 is 0 Å². The van der Waals surface area contributed by atoms with Gasteiger partial charge in [-0.3, -0.25) is 9.59 Å². The molecule has 5 nitrogen and oxygen atoms in total. The minimum Gasteiger partial charge on any atom is -0.350 e. The number of rotatable bonds is 4. The van der Waals surface area contributed by atoms with Gasteiger partial charge in [0, 0.05) is 17.1 Å². The normalized spacial score (nSPS) is 10.3. The van der Waals surface area contributed by atoms with Gasteiger partial charge in [-0.1, -0.05) is 12.1 Å². The number of carbonyl (C=O) groups excluding carboxylic acids is 1. The number of hydrogen-bond acceptors (Lipinski definition) is 3. The lowest BCUT2D eigenvalue weighted by Gasteiger charge is -2.08. The Morgan fingerprint density at radius 1 is 1.30 bits per heavy atom. The zero-order valence-corrected chi connectivity index (χ0v) is 12.6. The summed E-state index contributed by atoms with van der Waals surface area (Å²) in [6.07, 6.45) is 0. The topological polar surface area (TPSA) is 64.0 Å². The molecule has 0 radical (unpaired) electrons. The zero-order valence-electron chi connectivity index (χ0n) is 11.0. The summed E-state index contributed by atoms with van der Waals surface area (Å²) in [5.41, 5.74) is 1.16. The van der Waals surface area contributed by atoms with E-state index in [0.717, 1.165) is 10.2 Å². The van der Waals surface area contributed by atoms with E-state index in [4.69, 9.17) is 0 Å². The maximum Gasteiger partial charge on any atom is 0.266 e. The maximum absolute atomic E-state index is 12.0. The van der Waals surface area contributed by atoms with Crippen molar-refractivity contribution in [3.8, 4) is 0 Å². The van der Waals surface area contributed by atoms with Crippen molar-refractivity contribution in [2.24, 2.45) is 0 Å². The highest BCUT2D eigenvalue weighted by atomic mass is 79.9. The molecule has 6 heteroatoms. The Balaban J connectivity index is 1.96. The van der Waals surface area contributed by atoms with Crippen LogP contribution in [0.3, 0.4) is 0 Å². The Kier molecular flexibility index (Phi) is 4.68. The zero-order chi connectivity index (χ0) is 14.5. The average molecular weight is 336 g/mol. The van der Waals surface area contributed by atoms with Crippen LogP contribution in [0.1, 0.15) is 16.1 Å². The van der Waals surface area contributed by atoms with Gasteiger partial charge in [0.2, 0.25) is 0 Å². The SMILES string of the molecule is Cc1ccc(=O)n(CCNC(=O)c2ccccc2Br)n1. The van der Waals surface area contributed by atoms with Crippen molar-refractivity contribution >= 4 is 21.8 Å². The van der Waals surface area contributed by atoms with Crippen molar-refractivity contribution in [1.29, 1.82) is 0 Å². The van der Waals surface area contributed by atoms with Gasteiger partial charge in [0.25, 0.3) is 11.5 Å². The lowest BCUT2D eigenvalue weighted by Crippen LogP contribution is -2.32. The molecule has 0 unspecified atom stereocenters. The second-order valence-electron chi connectivity index (χ2n) is 4.27. The van der Waals surface area contributed by atoms with Crippen molar-refractivity contribution in [3.05, 3.63) is 62.5 Å². The molecular formula is C14H14BrN3O2. The van der Waals surface area contributed by atoms with Gasteiger partial charge >= 0.3 is 0 Å². The van der Waals surface area contributed by atoms with Crippen molar-refractivity contribution in [2.45, 2.75) is 13.5 Å². The molecule has 0 aliphatic rings. The van der Waals surface area contributed by atoms with Crippen LogP contribution in [0.25, 0.3) is 0 Å². The first-order valence-corrected chi connectivity index (χ1v) is 6.95. The Morgan fingerprint density at radius 3 is 2.80 bits per heavy atom. The Morgan fingerprint density at radius 2 is 2.05 bits per heavy atom. The molecule has 1 heterocycles. The van der Waals surface area contributed by atoms with Crippen molar-refractivity contribution in [1.82, 2.24) is 15.1 Å². The Hall–Kier alpha value is -1.95. The summed E-state index contributed by atoms with van der Waals surface area (Å²) in [5.74, 6) is -0.182. The molecule has 0 aliphatic heterocycles. The molecule has 2 aromatic rings. The smallest absolute Gasteiger partial charge is 0.266 e. The third-order valence-corrected chi connectivity index (χ3v) is 3.42. The van der Waals surface area contributed by atoms with Crippen LogP contribution in [0.15, 0.2) is 45.7 Å². The van der Waals surface area contributed by atoms with Gasteiger partial charge in [-0.2, -0.15) is 5.10 Å². The van der Waals surface area contributed by atoms with Crippen LogP contribution in [0.5, 0.6) is 0 Å². The summed E-state index contributed by atoms with van der Waals surface area (Å²) in [6.45, 7) is 2.50. The maximum atomic E-state index is 12.0. The van der Waals surface area contributed by atoms with Crippen LogP contribution in [0, 0.1) is 6.92 Å².